The monoisotopic (exact) mass is 522 g/mol. The second-order valence-corrected chi connectivity index (χ2v) is 6.56. The molecule has 196 valence electrons. The average molecular weight is 522 g/mol. The number of ether oxygens (including phenoxy) is 7. The van der Waals surface area contributed by atoms with Crippen molar-refractivity contribution in [3.63, 3.8) is 0 Å². The van der Waals surface area contributed by atoms with Crippen LogP contribution in [0.1, 0.15) is 5.56 Å². The Bertz CT molecular complexity index is 1250. The fourth-order valence-electron chi connectivity index (χ4n) is 2.31. The molecular formula is C27H22O11. The van der Waals surface area contributed by atoms with Gasteiger partial charge in [-0.15, -0.1) is 0 Å². The normalized spacial score (nSPS) is 9.37. The van der Waals surface area contributed by atoms with Crippen LogP contribution in [-0.4, -0.2) is 44.3 Å². The van der Waals surface area contributed by atoms with Gasteiger partial charge in [0.2, 0.25) is 20.4 Å². The maximum Gasteiger partial charge on any atom is 0.390 e. The van der Waals surface area contributed by atoms with Gasteiger partial charge in [0.15, 0.2) is 11.5 Å². The molecule has 11 nitrogen and oxygen atoms in total. The minimum atomic E-state index is -0.876. The lowest BCUT2D eigenvalue weighted by atomic mass is 10.2. The molecule has 2 aromatic carbocycles. The highest BCUT2D eigenvalue weighted by molar-refractivity contribution is 5.91. The van der Waals surface area contributed by atoms with Gasteiger partial charge in [-0.2, -0.15) is 0 Å². The maximum atomic E-state index is 12.2. The van der Waals surface area contributed by atoms with Crippen molar-refractivity contribution < 1.29 is 52.3 Å². The summed E-state index contributed by atoms with van der Waals surface area (Å²) in [5.41, 5.74) is 0.489. The molecule has 0 saturated carbocycles. The van der Waals surface area contributed by atoms with E-state index in [0.29, 0.717) is 11.3 Å². The van der Waals surface area contributed by atoms with E-state index in [0.717, 1.165) is 18.2 Å². The summed E-state index contributed by atoms with van der Waals surface area (Å²) in [7, 11) is 0. The van der Waals surface area contributed by atoms with E-state index in [9.17, 15) is 19.2 Å². The summed E-state index contributed by atoms with van der Waals surface area (Å²) < 4.78 is 35.3. The van der Waals surface area contributed by atoms with Gasteiger partial charge in [-0.3, -0.25) is 0 Å². The van der Waals surface area contributed by atoms with E-state index in [-0.39, 0.29) is 24.0 Å². The van der Waals surface area contributed by atoms with Crippen molar-refractivity contribution in [2.45, 2.75) is 0 Å². The zero-order valence-corrected chi connectivity index (χ0v) is 20.0. The highest BCUT2D eigenvalue weighted by Crippen LogP contribution is 2.32. The van der Waals surface area contributed by atoms with E-state index in [1.807, 2.05) is 0 Å². The zero-order valence-electron chi connectivity index (χ0n) is 20.0. The first-order chi connectivity index (χ1) is 18.3. The molecule has 0 aliphatic carbocycles. The second kappa shape index (κ2) is 15.5. The lowest BCUT2D eigenvalue weighted by molar-refractivity contribution is -0.146. The van der Waals surface area contributed by atoms with Crippen LogP contribution in [0.4, 0.5) is 0 Å². The van der Waals surface area contributed by atoms with Gasteiger partial charge in [0, 0.05) is 35.8 Å². The van der Waals surface area contributed by atoms with E-state index in [1.54, 1.807) is 24.3 Å². The van der Waals surface area contributed by atoms with Gasteiger partial charge in [-0.05, 0) is 36.4 Å². The van der Waals surface area contributed by atoms with Crippen molar-refractivity contribution in [3.05, 3.63) is 86.0 Å². The van der Waals surface area contributed by atoms with Gasteiger partial charge < -0.3 is 33.2 Å². The lowest BCUT2D eigenvalue weighted by Crippen LogP contribution is -2.11. The predicted molar refractivity (Wildman–Crippen MR) is 131 cm³/mol. The standard InChI is InChI=1S/C27H22O11/c1-4-24(28)35-16-32-20-10-7-19(8-11-20)9-14-27(31)38-21-12-13-22(33-17-36-25(29)5-2)23(15-21)34-18-37-26(30)6-3/h4-8,10-13,15H,1-3,16-18H2. The molecule has 2 rings (SSSR count). The summed E-state index contributed by atoms with van der Waals surface area (Å²) in [5.74, 6) is 2.64. The zero-order chi connectivity index (χ0) is 27.8. The van der Waals surface area contributed by atoms with Crippen molar-refractivity contribution in [2.24, 2.45) is 0 Å². The number of benzene rings is 2. The SMILES string of the molecule is C=CC(=O)OCOc1ccc(C#CC(=O)Oc2ccc(OCOC(=O)C=C)c(OCOC(=O)C=C)c2)cc1. The van der Waals surface area contributed by atoms with Crippen LogP contribution < -0.4 is 18.9 Å². The quantitative estimate of drug-likeness (QED) is 0.0960. The summed E-state index contributed by atoms with van der Waals surface area (Å²) in [6.45, 7) is 8.58. The summed E-state index contributed by atoms with van der Waals surface area (Å²) in [6.07, 6.45) is 2.93. The van der Waals surface area contributed by atoms with Crippen LogP contribution in [0.3, 0.4) is 0 Å². The Hall–Kier alpha value is -5.50. The molecule has 0 spiro atoms. The highest BCUT2D eigenvalue weighted by atomic mass is 16.7. The lowest BCUT2D eigenvalue weighted by Gasteiger charge is -2.13. The van der Waals surface area contributed by atoms with Gasteiger partial charge in [0.1, 0.15) is 11.5 Å². The van der Waals surface area contributed by atoms with Crippen LogP contribution in [0.2, 0.25) is 0 Å². The molecule has 0 aromatic heterocycles. The molecule has 0 aliphatic rings. The highest BCUT2D eigenvalue weighted by Gasteiger charge is 2.11. The Balaban J connectivity index is 2.01. The molecule has 0 atom stereocenters. The van der Waals surface area contributed by atoms with Crippen molar-refractivity contribution in [3.8, 4) is 34.8 Å². The van der Waals surface area contributed by atoms with Gasteiger partial charge in [0.05, 0.1) is 0 Å². The Morgan fingerprint density at radius 1 is 0.658 bits per heavy atom. The van der Waals surface area contributed by atoms with Gasteiger partial charge in [0.25, 0.3) is 0 Å². The number of esters is 4. The third kappa shape index (κ3) is 10.4. The molecule has 0 bridgehead atoms. The first-order valence-electron chi connectivity index (χ1n) is 10.6. The van der Waals surface area contributed by atoms with Crippen LogP contribution in [0.25, 0.3) is 0 Å². The third-order valence-corrected chi connectivity index (χ3v) is 4.05. The fraction of sp³-hybridized carbons (Fsp3) is 0.111. The number of hydrogen-bond acceptors (Lipinski definition) is 11. The van der Waals surface area contributed by atoms with Gasteiger partial charge >= 0.3 is 23.9 Å². The van der Waals surface area contributed by atoms with E-state index >= 15 is 0 Å². The predicted octanol–water partition coefficient (Wildman–Crippen LogP) is 2.84. The number of carbonyl (C=O) groups excluding carboxylic acids is 4. The molecule has 0 N–H and O–H groups in total. The average Bonchev–Trinajstić information content (AvgIpc) is 2.93. The minimum absolute atomic E-state index is 0.0177. The van der Waals surface area contributed by atoms with E-state index in [4.69, 9.17) is 33.2 Å². The first kappa shape index (κ1) is 28.7. The molecule has 11 heteroatoms. The topological polar surface area (TPSA) is 133 Å². The Morgan fingerprint density at radius 2 is 1.16 bits per heavy atom. The summed E-state index contributed by atoms with van der Waals surface area (Å²) in [6, 6.07) is 10.4. The van der Waals surface area contributed by atoms with Crippen LogP contribution >= 0.6 is 0 Å². The largest absolute Gasteiger partial charge is 0.457 e. The van der Waals surface area contributed by atoms with E-state index < -0.39 is 37.5 Å². The molecule has 0 saturated heterocycles. The van der Waals surface area contributed by atoms with Gasteiger partial charge in [-0.25, -0.2) is 19.2 Å². The molecular weight excluding hydrogens is 500 g/mol. The van der Waals surface area contributed by atoms with E-state index in [1.165, 1.54) is 18.2 Å². The summed E-state index contributed by atoms with van der Waals surface area (Å²) >= 11 is 0. The maximum absolute atomic E-state index is 12.2. The fourth-order valence-corrected chi connectivity index (χ4v) is 2.31. The second-order valence-electron chi connectivity index (χ2n) is 6.56. The Morgan fingerprint density at radius 3 is 1.71 bits per heavy atom. The van der Waals surface area contributed by atoms with Crippen molar-refractivity contribution >= 4 is 23.9 Å². The molecule has 0 unspecified atom stereocenters. The minimum Gasteiger partial charge on any atom is -0.457 e. The molecule has 2 aromatic rings. The smallest absolute Gasteiger partial charge is 0.390 e. The van der Waals surface area contributed by atoms with Crippen LogP contribution in [0.5, 0.6) is 23.0 Å². The van der Waals surface area contributed by atoms with Crippen molar-refractivity contribution in [1.82, 2.24) is 0 Å². The number of rotatable bonds is 13. The molecule has 0 fully saturated rings. The first-order valence-corrected chi connectivity index (χ1v) is 10.6. The van der Waals surface area contributed by atoms with Crippen LogP contribution in [-0.2, 0) is 33.4 Å². The Kier molecular flexibility index (Phi) is 11.7. The molecule has 0 radical (unpaired) electrons. The van der Waals surface area contributed by atoms with Crippen LogP contribution in [0.15, 0.2) is 80.4 Å². The summed E-state index contributed by atoms with van der Waals surface area (Å²) in [5, 5.41) is 0. The Labute approximate surface area is 217 Å². The summed E-state index contributed by atoms with van der Waals surface area (Å²) in [4.78, 5) is 45.6. The van der Waals surface area contributed by atoms with Crippen LogP contribution in [0, 0.1) is 11.8 Å². The number of carbonyl (C=O) groups is 4. The molecule has 38 heavy (non-hydrogen) atoms. The van der Waals surface area contributed by atoms with E-state index in [2.05, 4.69) is 31.6 Å². The molecule has 0 aliphatic heterocycles. The van der Waals surface area contributed by atoms with Gasteiger partial charge in [-0.1, -0.05) is 25.7 Å². The molecule has 0 amide bonds. The number of hydrogen-bond donors (Lipinski definition) is 0. The van der Waals surface area contributed by atoms with Crippen molar-refractivity contribution in [1.29, 1.82) is 0 Å². The third-order valence-electron chi connectivity index (χ3n) is 4.05. The molecule has 0 heterocycles. The van der Waals surface area contributed by atoms with Crippen molar-refractivity contribution in [2.75, 3.05) is 20.4 Å².